The quantitative estimate of drug-likeness (QED) is 0.837. The van der Waals surface area contributed by atoms with E-state index in [0.717, 1.165) is 0 Å². The summed E-state index contributed by atoms with van der Waals surface area (Å²) >= 11 is 0. The van der Waals surface area contributed by atoms with Crippen LogP contribution in [0.15, 0.2) is 18.2 Å². The molecule has 20 heavy (non-hydrogen) atoms. The zero-order chi connectivity index (χ0) is 15.5. The van der Waals surface area contributed by atoms with E-state index in [-0.39, 0.29) is 0 Å². The highest BCUT2D eigenvalue weighted by Gasteiger charge is 2.46. The van der Waals surface area contributed by atoms with Crippen LogP contribution in [0.25, 0.3) is 0 Å². The zero-order valence-electron chi connectivity index (χ0n) is 12.5. The number of hydrogen-bond donors (Lipinski definition) is 2. The molecule has 2 N–H and O–H groups in total. The number of aliphatic hydroxyl groups is 1. The third kappa shape index (κ3) is 2.72. The van der Waals surface area contributed by atoms with Gasteiger partial charge in [-0.1, -0.05) is 26.8 Å². The van der Waals surface area contributed by atoms with E-state index in [1.807, 2.05) is 0 Å². The second-order valence-corrected chi connectivity index (χ2v) is 5.11. The Morgan fingerprint density at radius 3 is 2.20 bits per heavy atom. The van der Waals surface area contributed by atoms with Gasteiger partial charge in [-0.2, -0.15) is 0 Å². The molecule has 0 saturated carbocycles. The molecular weight excluding hydrogens is 260 g/mol. The first-order valence-electron chi connectivity index (χ1n) is 6.46. The molecule has 0 fully saturated rings. The number of hydrogen-bond acceptors (Lipinski definition) is 4. The van der Waals surface area contributed by atoms with E-state index in [4.69, 9.17) is 9.47 Å². The van der Waals surface area contributed by atoms with E-state index in [9.17, 15) is 15.0 Å². The smallest absolute Gasteiger partial charge is 0.336 e. The minimum absolute atomic E-state index is 0.443. The molecule has 0 aliphatic carbocycles. The van der Waals surface area contributed by atoms with Crippen LogP contribution in [0.2, 0.25) is 0 Å². The van der Waals surface area contributed by atoms with Crippen molar-refractivity contribution >= 4 is 5.97 Å². The molecule has 0 spiro atoms. The van der Waals surface area contributed by atoms with Crippen molar-refractivity contribution in [1.29, 1.82) is 0 Å². The SMILES string of the molecule is COc1ccc(C(C)C(O)(C(=O)O)C(C)C)c(OC)c1. The molecule has 0 bridgehead atoms. The molecule has 2 unspecified atom stereocenters. The number of rotatable bonds is 6. The predicted molar refractivity (Wildman–Crippen MR) is 75.4 cm³/mol. The molecule has 5 nitrogen and oxygen atoms in total. The molecule has 0 aromatic heterocycles. The average Bonchev–Trinajstić information content (AvgIpc) is 2.44. The molecule has 5 heteroatoms. The van der Waals surface area contributed by atoms with Gasteiger partial charge >= 0.3 is 5.97 Å². The fraction of sp³-hybridized carbons (Fsp3) is 0.533. The monoisotopic (exact) mass is 282 g/mol. The van der Waals surface area contributed by atoms with E-state index < -0.39 is 23.4 Å². The lowest BCUT2D eigenvalue weighted by Gasteiger charge is -2.34. The number of carboxylic acids is 1. The number of ether oxygens (including phenoxy) is 2. The second kappa shape index (κ2) is 6.13. The first-order valence-corrected chi connectivity index (χ1v) is 6.46. The Morgan fingerprint density at radius 2 is 1.80 bits per heavy atom. The Morgan fingerprint density at radius 1 is 1.20 bits per heavy atom. The third-order valence-corrected chi connectivity index (χ3v) is 3.79. The molecule has 1 rings (SSSR count). The van der Waals surface area contributed by atoms with Crippen LogP contribution >= 0.6 is 0 Å². The van der Waals surface area contributed by atoms with Crippen LogP contribution in [0, 0.1) is 5.92 Å². The topological polar surface area (TPSA) is 76.0 Å². The van der Waals surface area contributed by atoms with Crippen molar-refractivity contribution in [3.63, 3.8) is 0 Å². The summed E-state index contributed by atoms with van der Waals surface area (Å²) in [5, 5.41) is 19.9. The van der Waals surface area contributed by atoms with Crippen molar-refractivity contribution in [2.45, 2.75) is 32.3 Å². The Bertz CT molecular complexity index is 483. The number of benzene rings is 1. The minimum Gasteiger partial charge on any atom is -0.497 e. The molecule has 0 saturated heterocycles. The van der Waals surface area contributed by atoms with Gasteiger partial charge in [-0.05, 0) is 12.0 Å². The van der Waals surface area contributed by atoms with Gasteiger partial charge in [0.25, 0.3) is 0 Å². The molecule has 1 aromatic carbocycles. The lowest BCUT2D eigenvalue weighted by Crippen LogP contribution is -2.48. The van der Waals surface area contributed by atoms with Crippen LogP contribution in [0.3, 0.4) is 0 Å². The largest absolute Gasteiger partial charge is 0.497 e. The van der Waals surface area contributed by atoms with Crippen molar-refractivity contribution in [3.05, 3.63) is 23.8 Å². The third-order valence-electron chi connectivity index (χ3n) is 3.79. The lowest BCUT2D eigenvalue weighted by atomic mass is 9.76. The van der Waals surface area contributed by atoms with Gasteiger partial charge in [0.1, 0.15) is 11.5 Å². The lowest BCUT2D eigenvalue weighted by molar-refractivity contribution is -0.166. The van der Waals surface area contributed by atoms with Gasteiger partial charge in [-0.15, -0.1) is 0 Å². The summed E-state index contributed by atoms with van der Waals surface area (Å²) in [5.74, 6) is -1.20. The molecule has 0 radical (unpaired) electrons. The molecule has 0 aliphatic rings. The van der Waals surface area contributed by atoms with Crippen LogP contribution in [-0.4, -0.2) is 36.0 Å². The number of carbonyl (C=O) groups is 1. The minimum atomic E-state index is -1.86. The molecule has 0 heterocycles. The van der Waals surface area contributed by atoms with Crippen LogP contribution in [-0.2, 0) is 4.79 Å². The van der Waals surface area contributed by atoms with Gasteiger partial charge in [0.2, 0.25) is 0 Å². The fourth-order valence-electron chi connectivity index (χ4n) is 2.35. The summed E-state index contributed by atoms with van der Waals surface area (Å²) in [6, 6.07) is 5.12. The molecule has 1 aromatic rings. The maximum atomic E-state index is 11.5. The van der Waals surface area contributed by atoms with Crippen LogP contribution < -0.4 is 9.47 Å². The molecule has 0 aliphatic heterocycles. The van der Waals surface area contributed by atoms with Gasteiger partial charge in [-0.3, -0.25) is 0 Å². The van der Waals surface area contributed by atoms with Gasteiger partial charge < -0.3 is 19.7 Å². The Hall–Kier alpha value is -1.75. The summed E-state index contributed by atoms with van der Waals surface area (Å²) < 4.78 is 10.4. The van der Waals surface area contributed by atoms with Crippen LogP contribution in [0.5, 0.6) is 11.5 Å². The number of aliphatic carboxylic acids is 1. The Balaban J connectivity index is 3.32. The number of carboxylic acid groups (broad SMARTS) is 1. The van der Waals surface area contributed by atoms with E-state index in [1.165, 1.54) is 7.11 Å². The van der Waals surface area contributed by atoms with E-state index >= 15 is 0 Å². The summed E-state index contributed by atoms with van der Waals surface area (Å²) in [5.41, 5.74) is -1.23. The van der Waals surface area contributed by atoms with Crippen molar-refractivity contribution in [1.82, 2.24) is 0 Å². The zero-order valence-corrected chi connectivity index (χ0v) is 12.5. The highest BCUT2D eigenvalue weighted by Crippen LogP contribution is 2.39. The van der Waals surface area contributed by atoms with Crippen LogP contribution in [0.1, 0.15) is 32.3 Å². The first-order chi connectivity index (χ1) is 9.28. The predicted octanol–water partition coefficient (Wildman–Crippen LogP) is 2.28. The molecule has 2 atom stereocenters. The van der Waals surface area contributed by atoms with Gasteiger partial charge in [0, 0.05) is 17.5 Å². The normalized spacial score (nSPS) is 15.6. The van der Waals surface area contributed by atoms with E-state index in [1.54, 1.807) is 46.1 Å². The summed E-state index contributed by atoms with van der Waals surface area (Å²) in [4.78, 5) is 11.5. The highest BCUT2D eigenvalue weighted by atomic mass is 16.5. The van der Waals surface area contributed by atoms with E-state index in [2.05, 4.69) is 0 Å². The maximum absolute atomic E-state index is 11.5. The average molecular weight is 282 g/mol. The van der Waals surface area contributed by atoms with Crippen LogP contribution in [0.4, 0.5) is 0 Å². The summed E-state index contributed by atoms with van der Waals surface area (Å²) in [7, 11) is 3.04. The molecular formula is C15H22O5. The molecule has 0 amide bonds. The van der Waals surface area contributed by atoms with Crippen molar-refractivity contribution in [2.75, 3.05) is 14.2 Å². The van der Waals surface area contributed by atoms with Crippen molar-refractivity contribution in [3.8, 4) is 11.5 Å². The van der Waals surface area contributed by atoms with Gasteiger partial charge in [0.15, 0.2) is 5.60 Å². The highest BCUT2D eigenvalue weighted by molar-refractivity contribution is 5.79. The van der Waals surface area contributed by atoms with Crippen molar-refractivity contribution < 1.29 is 24.5 Å². The second-order valence-electron chi connectivity index (χ2n) is 5.11. The number of methoxy groups -OCH3 is 2. The Kier molecular flexibility index (Phi) is 5.00. The van der Waals surface area contributed by atoms with E-state index in [0.29, 0.717) is 17.1 Å². The maximum Gasteiger partial charge on any atom is 0.336 e. The molecule has 112 valence electrons. The first kappa shape index (κ1) is 16.3. The van der Waals surface area contributed by atoms with Gasteiger partial charge in [-0.25, -0.2) is 4.79 Å². The van der Waals surface area contributed by atoms with Crippen molar-refractivity contribution in [2.24, 2.45) is 5.92 Å². The summed E-state index contributed by atoms with van der Waals surface area (Å²) in [6.07, 6.45) is 0. The Labute approximate surface area is 119 Å². The standard InChI is InChI=1S/C15H22O5/c1-9(2)15(18,14(16)17)10(3)12-7-6-11(19-4)8-13(12)20-5/h6-10,18H,1-5H3,(H,16,17). The van der Waals surface area contributed by atoms with Gasteiger partial charge in [0.05, 0.1) is 14.2 Å². The summed E-state index contributed by atoms with van der Waals surface area (Å²) in [6.45, 7) is 5.04. The fourth-order valence-corrected chi connectivity index (χ4v) is 2.35.